The third-order valence-electron chi connectivity index (χ3n) is 4.53. The summed E-state index contributed by atoms with van der Waals surface area (Å²) in [7, 11) is 0. The predicted molar refractivity (Wildman–Crippen MR) is 105 cm³/mol. The number of hydrogen-bond acceptors (Lipinski definition) is 4. The number of aromatic hydroxyl groups is 1. The zero-order valence-electron chi connectivity index (χ0n) is 15.8. The average Bonchev–Trinajstić information content (AvgIpc) is 2.93. The van der Waals surface area contributed by atoms with Crippen LogP contribution in [0.3, 0.4) is 0 Å². The Kier molecular flexibility index (Phi) is 5.54. The Bertz CT molecular complexity index is 1010. The Hall–Kier alpha value is -3.15. The molecule has 0 aliphatic carbocycles. The van der Waals surface area contributed by atoms with Crippen LogP contribution in [-0.2, 0) is 11.3 Å². The number of benzene rings is 2. The summed E-state index contributed by atoms with van der Waals surface area (Å²) in [6.07, 6.45) is 0.866. The number of hydrogen-bond donors (Lipinski definition) is 1. The molecule has 1 N–H and O–H groups in total. The summed E-state index contributed by atoms with van der Waals surface area (Å²) >= 11 is 0. The van der Waals surface area contributed by atoms with Gasteiger partial charge in [-0.25, -0.2) is 0 Å². The van der Waals surface area contributed by atoms with Crippen LogP contribution in [0.15, 0.2) is 52.7 Å². The number of para-hydroxylation sites is 1. The topological polar surface area (TPSA) is 76.2 Å². The standard InChI is InChI=1S/C21H23N3O3/c1-4-12-24-17-10-6-5-9-16(17)20(21(24)26)23-22-19(25)13-27-18-11-7-8-14(2)15(18)3/h5-11,26H,4,12-13H2,1-3H3. The Morgan fingerprint density at radius 3 is 2.70 bits per heavy atom. The van der Waals surface area contributed by atoms with Crippen LogP contribution in [0.2, 0.25) is 0 Å². The van der Waals surface area contributed by atoms with E-state index < -0.39 is 5.91 Å². The van der Waals surface area contributed by atoms with Crippen molar-refractivity contribution < 1.29 is 14.6 Å². The van der Waals surface area contributed by atoms with Crippen molar-refractivity contribution in [1.82, 2.24) is 4.57 Å². The third kappa shape index (κ3) is 3.84. The first kappa shape index (κ1) is 18.6. The van der Waals surface area contributed by atoms with Gasteiger partial charge in [0.05, 0.1) is 5.52 Å². The molecule has 0 aliphatic heterocycles. The van der Waals surface area contributed by atoms with E-state index in [0.717, 1.165) is 28.5 Å². The van der Waals surface area contributed by atoms with Gasteiger partial charge in [0.2, 0.25) is 5.88 Å². The number of aromatic nitrogens is 1. The molecule has 1 aromatic heterocycles. The number of azo groups is 1. The molecule has 6 nitrogen and oxygen atoms in total. The van der Waals surface area contributed by atoms with Gasteiger partial charge >= 0.3 is 5.91 Å². The van der Waals surface area contributed by atoms with Crippen molar-refractivity contribution in [1.29, 1.82) is 0 Å². The van der Waals surface area contributed by atoms with Crippen molar-refractivity contribution in [3.63, 3.8) is 0 Å². The SMILES string of the molecule is CCCn1c(O)c(N=NC(=O)COc2cccc(C)c2C)c2ccccc21. The molecule has 0 unspecified atom stereocenters. The molecule has 3 rings (SSSR count). The lowest BCUT2D eigenvalue weighted by Crippen LogP contribution is -2.08. The van der Waals surface area contributed by atoms with Gasteiger partial charge in [-0.3, -0.25) is 4.79 Å². The fraction of sp³-hybridized carbons (Fsp3) is 0.286. The van der Waals surface area contributed by atoms with E-state index in [0.29, 0.717) is 18.0 Å². The number of carbonyl (C=O) groups excluding carboxylic acids is 1. The predicted octanol–water partition coefficient (Wildman–Crippen LogP) is 5.06. The molecule has 0 saturated heterocycles. The quantitative estimate of drug-likeness (QED) is 0.620. The van der Waals surface area contributed by atoms with Gasteiger partial charge in [0.15, 0.2) is 12.3 Å². The Labute approximate surface area is 158 Å². The van der Waals surface area contributed by atoms with Crippen LogP contribution < -0.4 is 4.74 Å². The largest absolute Gasteiger partial charge is 0.493 e. The van der Waals surface area contributed by atoms with E-state index in [2.05, 4.69) is 10.2 Å². The lowest BCUT2D eigenvalue weighted by molar-refractivity contribution is -0.120. The second-order valence-electron chi connectivity index (χ2n) is 6.42. The van der Waals surface area contributed by atoms with E-state index in [9.17, 15) is 9.90 Å². The molecule has 0 spiro atoms. The Morgan fingerprint density at radius 1 is 1.15 bits per heavy atom. The van der Waals surface area contributed by atoms with Gasteiger partial charge in [-0.05, 0) is 43.5 Å². The van der Waals surface area contributed by atoms with Gasteiger partial charge in [-0.15, -0.1) is 10.2 Å². The molecule has 6 heteroatoms. The van der Waals surface area contributed by atoms with Crippen LogP contribution in [0.25, 0.3) is 10.9 Å². The molecule has 1 amide bonds. The van der Waals surface area contributed by atoms with E-state index in [4.69, 9.17) is 4.74 Å². The molecule has 0 aliphatic rings. The van der Waals surface area contributed by atoms with Gasteiger partial charge in [0.25, 0.3) is 0 Å². The third-order valence-corrected chi connectivity index (χ3v) is 4.53. The van der Waals surface area contributed by atoms with Gasteiger partial charge in [-0.1, -0.05) is 37.3 Å². The summed E-state index contributed by atoms with van der Waals surface area (Å²) in [5.41, 5.74) is 3.25. The maximum absolute atomic E-state index is 12.1. The number of nitrogens with zero attached hydrogens (tertiary/aromatic N) is 3. The highest BCUT2D eigenvalue weighted by molar-refractivity contribution is 5.95. The van der Waals surface area contributed by atoms with E-state index >= 15 is 0 Å². The highest BCUT2D eigenvalue weighted by atomic mass is 16.5. The summed E-state index contributed by atoms with van der Waals surface area (Å²) in [6, 6.07) is 13.2. The number of fused-ring (bicyclic) bond motifs is 1. The van der Waals surface area contributed by atoms with Crippen LogP contribution in [0.4, 0.5) is 5.69 Å². The van der Waals surface area contributed by atoms with Gasteiger partial charge < -0.3 is 14.4 Å². The molecule has 140 valence electrons. The number of rotatable bonds is 6. The molecule has 0 saturated carbocycles. The Morgan fingerprint density at radius 2 is 1.93 bits per heavy atom. The first-order valence-electron chi connectivity index (χ1n) is 8.96. The zero-order chi connectivity index (χ0) is 19.4. The summed E-state index contributed by atoms with van der Waals surface area (Å²) in [4.78, 5) is 12.1. The molecule has 0 bridgehead atoms. The monoisotopic (exact) mass is 365 g/mol. The van der Waals surface area contributed by atoms with Crippen molar-refractivity contribution in [3.8, 4) is 11.6 Å². The Balaban J connectivity index is 1.78. The molecule has 1 heterocycles. The summed E-state index contributed by atoms with van der Waals surface area (Å²) < 4.78 is 7.34. The van der Waals surface area contributed by atoms with E-state index in [-0.39, 0.29) is 12.5 Å². The lowest BCUT2D eigenvalue weighted by atomic mass is 10.1. The second kappa shape index (κ2) is 8.03. The first-order chi connectivity index (χ1) is 13.0. The van der Waals surface area contributed by atoms with E-state index in [1.807, 2.05) is 63.2 Å². The molecule has 0 fully saturated rings. The van der Waals surface area contributed by atoms with Crippen molar-refractivity contribution >= 4 is 22.5 Å². The maximum atomic E-state index is 12.1. The van der Waals surface area contributed by atoms with Crippen molar-refractivity contribution in [2.45, 2.75) is 33.7 Å². The zero-order valence-corrected chi connectivity index (χ0v) is 15.8. The minimum Gasteiger partial charge on any atom is -0.493 e. The van der Waals surface area contributed by atoms with Crippen LogP contribution in [-0.4, -0.2) is 22.2 Å². The highest BCUT2D eigenvalue weighted by Gasteiger charge is 2.16. The number of carbonyl (C=O) groups is 1. The van der Waals surface area contributed by atoms with Gasteiger partial charge in [-0.2, -0.15) is 0 Å². The lowest BCUT2D eigenvalue weighted by Gasteiger charge is -2.08. The van der Waals surface area contributed by atoms with Crippen molar-refractivity contribution in [3.05, 3.63) is 53.6 Å². The van der Waals surface area contributed by atoms with Gasteiger partial charge in [0.1, 0.15) is 5.75 Å². The van der Waals surface area contributed by atoms with Crippen molar-refractivity contribution in [2.75, 3.05) is 6.61 Å². The number of ether oxygens (including phenoxy) is 1. The fourth-order valence-electron chi connectivity index (χ4n) is 2.97. The molecular formula is C21H23N3O3. The summed E-state index contributed by atoms with van der Waals surface area (Å²) in [5.74, 6) is 0.161. The fourth-order valence-corrected chi connectivity index (χ4v) is 2.97. The summed E-state index contributed by atoms with van der Waals surface area (Å²) in [6.45, 7) is 6.41. The minimum atomic E-state index is -0.511. The highest BCUT2D eigenvalue weighted by Crippen LogP contribution is 2.38. The first-order valence-corrected chi connectivity index (χ1v) is 8.96. The summed E-state index contributed by atoms with van der Waals surface area (Å²) in [5, 5.41) is 19.0. The minimum absolute atomic E-state index is 0.0186. The van der Waals surface area contributed by atoms with Crippen LogP contribution in [0.5, 0.6) is 11.6 Å². The molecule has 0 atom stereocenters. The van der Waals surface area contributed by atoms with Crippen LogP contribution in [0, 0.1) is 13.8 Å². The van der Waals surface area contributed by atoms with Crippen molar-refractivity contribution in [2.24, 2.45) is 10.2 Å². The molecule has 0 radical (unpaired) electrons. The smallest absolute Gasteiger partial charge is 0.302 e. The molecule has 3 aromatic rings. The molecule has 2 aromatic carbocycles. The van der Waals surface area contributed by atoms with Crippen LogP contribution >= 0.6 is 0 Å². The number of aryl methyl sites for hydroxylation is 2. The second-order valence-corrected chi connectivity index (χ2v) is 6.42. The maximum Gasteiger partial charge on any atom is 0.302 e. The van der Waals surface area contributed by atoms with E-state index in [1.54, 1.807) is 4.57 Å². The van der Waals surface area contributed by atoms with Crippen LogP contribution in [0.1, 0.15) is 24.5 Å². The molecule has 27 heavy (non-hydrogen) atoms. The average molecular weight is 365 g/mol. The van der Waals surface area contributed by atoms with Gasteiger partial charge in [0, 0.05) is 11.9 Å². The van der Waals surface area contributed by atoms with E-state index in [1.165, 1.54) is 0 Å². The normalized spacial score (nSPS) is 11.4. The molecular weight excluding hydrogens is 342 g/mol. The number of amides is 1.